The Hall–Kier alpha value is -1.02. The second kappa shape index (κ2) is 5.35. The fraction of sp³-hybridized carbons (Fsp3) is 0.571. The Labute approximate surface area is 98.0 Å². The highest BCUT2D eigenvalue weighted by Gasteiger charge is 2.25. The van der Waals surface area contributed by atoms with Crippen molar-refractivity contribution in [2.45, 2.75) is 32.2 Å². The average molecular weight is 219 g/mol. The molecule has 1 aliphatic heterocycles. The third-order valence-corrected chi connectivity index (χ3v) is 3.65. The Morgan fingerprint density at radius 2 is 2.19 bits per heavy atom. The molecule has 0 saturated carbocycles. The van der Waals surface area contributed by atoms with Crippen LogP contribution in [0, 0.1) is 5.92 Å². The molecule has 1 fully saturated rings. The van der Waals surface area contributed by atoms with E-state index in [1.807, 2.05) is 12.1 Å². The van der Waals surface area contributed by atoms with Gasteiger partial charge >= 0.3 is 0 Å². The summed E-state index contributed by atoms with van der Waals surface area (Å²) in [6.45, 7) is 3.45. The van der Waals surface area contributed by atoms with Crippen LogP contribution in [-0.4, -0.2) is 19.7 Å². The van der Waals surface area contributed by atoms with Gasteiger partial charge in [0.15, 0.2) is 0 Å². The van der Waals surface area contributed by atoms with Gasteiger partial charge in [-0.3, -0.25) is 0 Å². The van der Waals surface area contributed by atoms with Crippen LogP contribution in [0.5, 0.6) is 5.75 Å². The van der Waals surface area contributed by atoms with Crippen molar-refractivity contribution in [2.24, 2.45) is 5.92 Å². The zero-order chi connectivity index (χ0) is 11.4. The van der Waals surface area contributed by atoms with Crippen LogP contribution in [-0.2, 0) is 6.42 Å². The van der Waals surface area contributed by atoms with E-state index in [-0.39, 0.29) is 0 Å². The SMILES string of the molecule is CCC1CCNC1Cc1ccccc1OC. The van der Waals surface area contributed by atoms with E-state index in [1.54, 1.807) is 7.11 Å². The first-order valence-electron chi connectivity index (χ1n) is 6.20. The van der Waals surface area contributed by atoms with Crippen LogP contribution in [0.15, 0.2) is 24.3 Å². The largest absolute Gasteiger partial charge is 0.496 e. The van der Waals surface area contributed by atoms with Gasteiger partial charge < -0.3 is 10.1 Å². The summed E-state index contributed by atoms with van der Waals surface area (Å²) in [6, 6.07) is 8.97. The lowest BCUT2D eigenvalue weighted by Crippen LogP contribution is -2.29. The number of rotatable bonds is 4. The van der Waals surface area contributed by atoms with Gasteiger partial charge in [0.2, 0.25) is 0 Å². The number of hydrogen-bond donors (Lipinski definition) is 1. The van der Waals surface area contributed by atoms with E-state index in [0.717, 1.165) is 18.1 Å². The lowest BCUT2D eigenvalue weighted by Gasteiger charge is -2.19. The van der Waals surface area contributed by atoms with Crippen molar-refractivity contribution in [3.8, 4) is 5.75 Å². The first-order valence-corrected chi connectivity index (χ1v) is 6.20. The molecule has 0 aliphatic carbocycles. The summed E-state index contributed by atoms with van der Waals surface area (Å²) in [5, 5.41) is 3.60. The molecule has 2 atom stereocenters. The zero-order valence-corrected chi connectivity index (χ0v) is 10.2. The summed E-state index contributed by atoms with van der Waals surface area (Å²) in [5.41, 5.74) is 1.32. The minimum absolute atomic E-state index is 0.626. The maximum absolute atomic E-state index is 5.40. The highest BCUT2D eigenvalue weighted by Crippen LogP contribution is 2.26. The van der Waals surface area contributed by atoms with Gasteiger partial charge in [0, 0.05) is 6.04 Å². The number of para-hydroxylation sites is 1. The molecule has 2 heteroatoms. The van der Waals surface area contributed by atoms with Crippen LogP contribution in [0.3, 0.4) is 0 Å². The summed E-state index contributed by atoms with van der Waals surface area (Å²) in [4.78, 5) is 0. The van der Waals surface area contributed by atoms with E-state index in [4.69, 9.17) is 4.74 Å². The molecule has 16 heavy (non-hydrogen) atoms. The summed E-state index contributed by atoms with van der Waals surface area (Å²) < 4.78 is 5.40. The molecule has 1 saturated heterocycles. The van der Waals surface area contributed by atoms with Crippen LogP contribution < -0.4 is 10.1 Å². The van der Waals surface area contributed by atoms with Crippen LogP contribution >= 0.6 is 0 Å². The van der Waals surface area contributed by atoms with Crippen LogP contribution in [0.4, 0.5) is 0 Å². The number of ether oxygens (including phenoxy) is 1. The van der Waals surface area contributed by atoms with E-state index in [2.05, 4.69) is 24.4 Å². The van der Waals surface area contributed by atoms with Gasteiger partial charge in [0.1, 0.15) is 5.75 Å². The van der Waals surface area contributed by atoms with Crippen molar-refractivity contribution in [1.82, 2.24) is 5.32 Å². The van der Waals surface area contributed by atoms with Crippen LogP contribution in [0.25, 0.3) is 0 Å². The highest BCUT2D eigenvalue weighted by atomic mass is 16.5. The van der Waals surface area contributed by atoms with Gasteiger partial charge in [0.05, 0.1) is 7.11 Å². The lowest BCUT2D eigenvalue weighted by atomic mass is 9.92. The van der Waals surface area contributed by atoms with E-state index < -0.39 is 0 Å². The second-order valence-electron chi connectivity index (χ2n) is 4.53. The summed E-state index contributed by atoms with van der Waals surface area (Å²) in [7, 11) is 1.75. The summed E-state index contributed by atoms with van der Waals surface area (Å²) >= 11 is 0. The smallest absolute Gasteiger partial charge is 0.122 e. The molecule has 1 heterocycles. The molecule has 2 nitrogen and oxygen atoms in total. The van der Waals surface area contributed by atoms with Gasteiger partial charge in [-0.2, -0.15) is 0 Å². The fourth-order valence-electron chi connectivity index (χ4n) is 2.66. The maximum Gasteiger partial charge on any atom is 0.122 e. The normalized spacial score (nSPS) is 24.6. The molecule has 0 spiro atoms. The monoisotopic (exact) mass is 219 g/mol. The third-order valence-electron chi connectivity index (χ3n) is 3.65. The van der Waals surface area contributed by atoms with Gasteiger partial charge in [-0.1, -0.05) is 31.5 Å². The molecule has 1 aliphatic rings. The molecule has 88 valence electrons. The Balaban J connectivity index is 2.08. The molecule has 2 rings (SSSR count). The Morgan fingerprint density at radius 3 is 2.94 bits per heavy atom. The fourth-order valence-corrected chi connectivity index (χ4v) is 2.66. The standard InChI is InChI=1S/C14H21NO/c1-3-11-8-9-15-13(11)10-12-6-4-5-7-14(12)16-2/h4-7,11,13,15H,3,8-10H2,1-2H3. The molecular formula is C14H21NO. The van der Waals surface area contributed by atoms with Crippen LogP contribution in [0.1, 0.15) is 25.3 Å². The van der Waals surface area contributed by atoms with Crippen LogP contribution in [0.2, 0.25) is 0 Å². The van der Waals surface area contributed by atoms with E-state index in [9.17, 15) is 0 Å². The highest BCUT2D eigenvalue weighted by molar-refractivity contribution is 5.34. The number of hydrogen-bond acceptors (Lipinski definition) is 2. The predicted octanol–water partition coefficient (Wildman–Crippen LogP) is 2.63. The molecule has 0 radical (unpaired) electrons. The summed E-state index contributed by atoms with van der Waals surface area (Å²) in [5.74, 6) is 1.84. The molecule has 1 N–H and O–H groups in total. The zero-order valence-electron chi connectivity index (χ0n) is 10.2. The predicted molar refractivity (Wildman–Crippen MR) is 66.9 cm³/mol. The molecule has 1 aromatic rings. The van der Waals surface area contributed by atoms with Crippen molar-refractivity contribution in [1.29, 1.82) is 0 Å². The van der Waals surface area contributed by atoms with Gasteiger partial charge in [-0.25, -0.2) is 0 Å². The molecule has 0 amide bonds. The third kappa shape index (κ3) is 2.38. The van der Waals surface area contributed by atoms with Crippen molar-refractivity contribution in [3.05, 3.63) is 29.8 Å². The van der Waals surface area contributed by atoms with Crippen molar-refractivity contribution in [2.75, 3.05) is 13.7 Å². The first kappa shape index (κ1) is 11.5. The topological polar surface area (TPSA) is 21.3 Å². The minimum Gasteiger partial charge on any atom is -0.496 e. The minimum atomic E-state index is 0.626. The Morgan fingerprint density at radius 1 is 1.38 bits per heavy atom. The van der Waals surface area contributed by atoms with Crippen molar-refractivity contribution in [3.63, 3.8) is 0 Å². The summed E-state index contributed by atoms with van der Waals surface area (Å²) in [6.07, 6.45) is 3.67. The van der Waals surface area contributed by atoms with E-state index in [1.165, 1.54) is 24.9 Å². The van der Waals surface area contributed by atoms with Gasteiger partial charge in [-0.15, -0.1) is 0 Å². The number of benzene rings is 1. The van der Waals surface area contributed by atoms with Gasteiger partial charge in [0.25, 0.3) is 0 Å². The molecule has 0 bridgehead atoms. The van der Waals surface area contributed by atoms with Gasteiger partial charge in [-0.05, 0) is 36.9 Å². The second-order valence-corrected chi connectivity index (χ2v) is 4.53. The van der Waals surface area contributed by atoms with Crippen molar-refractivity contribution >= 4 is 0 Å². The lowest BCUT2D eigenvalue weighted by molar-refractivity contribution is 0.395. The quantitative estimate of drug-likeness (QED) is 0.840. The first-order chi connectivity index (χ1) is 7.85. The molecule has 0 aromatic heterocycles. The molecular weight excluding hydrogens is 198 g/mol. The molecule has 1 aromatic carbocycles. The van der Waals surface area contributed by atoms with Crippen molar-refractivity contribution < 1.29 is 4.74 Å². The molecule has 2 unspecified atom stereocenters. The van der Waals surface area contributed by atoms with E-state index in [0.29, 0.717) is 6.04 Å². The number of nitrogens with one attached hydrogen (secondary N) is 1. The maximum atomic E-state index is 5.40. The Kier molecular flexibility index (Phi) is 3.83. The Bertz CT molecular complexity index is 337. The number of methoxy groups -OCH3 is 1. The average Bonchev–Trinajstić information content (AvgIpc) is 2.77. The van der Waals surface area contributed by atoms with E-state index >= 15 is 0 Å².